The summed E-state index contributed by atoms with van der Waals surface area (Å²) in [6, 6.07) is 12.7. The first-order valence-electron chi connectivity index (χ1n) is 8.91. The van der Waals surface area contributed by atoms with E-state index in [1.54, 1.807) is 30.3 Å². The number of hydrogen-bond acceptors (Lipinski definition) is 5. The maximum Gasteiger partial charge on any atom is 0.260 e. The van der Waals surface area contributed by atoms with Gasteiger partial charge in [0, 0.05) is 24.7 Å². The largest absolute Gasteiger partial charge is 0.497 e. The van der Waals surface area contributed by atoms with Crippen LogP contribution in [0.3, 0.4) is 0 Å². The Labute approximate surface area is 163 Å². The van der Waals surface area contributed by atoms with Crippen LogP contribution in [0.5, 0.6) is 11.5 Å². The van der Waals surface area contributed by atoms with Crippen molar-refractivity contribution in [1.29, 1.82) is 0 Å². The second-order valence-corrected chi connectivity index (χ2v) is 8.82. The van der Waals surface area contributed by atoms with Gasteiger partial charge in [-0.3, -0.25) is 4.79 Å². The Morgan fingerprint density at radius 3 is 2.64 bits per heavy atom. The minimum absolute atomic E-state index is 0.0631. The van der Waals surface area contributed by atoms with Crippen LogP contribution in [0.2, 0.25) is 0 Å². The van der Waals surface area contributed by atoms with Crippen molar-refractivity contribution in [3.8, 4) is 11.5 Å². The van der Waals surface area contributed by atoms with E-state index in [-0.39, 0.29) is 43.3 Å². The van der Waals surface area contributed by atoms with Gasteiger partial charge in [0.05, 0.1) is 18.1 Å². The molecule has 28 heavy (non-hydrogen) atoms. The summed E-state index contributed by atoms with van der Waals surface area (Å²) in [7, 11) is -2.03. The van der Waals surface area contributed by atoms with Gasteiger partial charge in [-0.1, -0.05) is 24.3 Å². The highest BCUT2D eigenvalue weighted by Crippen LogP contribution is 2.31. The Hall–Kier alpha value is -2.61. The smallest absolute Gasteiger partial charge is 0.260 e. The van der Waals surface area contributed by atoms with Gasteiger partial charge in [-0.25, -0.2) is 12.8 Å². The molecule has 0 N–H and O–H groups in total. The van der Waals surface area contributed by atoms with Gasteiger partial charge in [0.1, 0.15) is 17.3 Å². The second-order valence-electron chi connectivity index (χ2n) is 6.51. The zero-order chi connectivity index (χ0) is 20.1. The summed E-state index contributed by atoms with van der Waals surface area (Å²) in [6.45, 7) is 0.0731. The molecule has 2 aromatic rings. The predicted octanol–water partition coefficient (Wildman–Crippen LogP) is 2.60. The summed E-state index contributed by atoms with van der Waals surface area (Å²) in [6.07, 6.45) is 0.147. The number of halogens is 1. The van der Waals surface area contributed by atoms with E-state index in [0.29, 0.717) is 11.5 Å². The van der Waals surface area contributed by atoms with Gasteiger partial charge in [0.15, 0.2) is 16.4 Å². The molecule has 1 fully saturated rings. The van der Waals surface area contributed by atoms with Crippen LogP contribution in [0.25, 0.3) is 0 Å². The van der Waals surface area contributed by atoms with E-state index < -0.39 is 20.9 Å². The van der Waals surface area contributed by atoms with Crippen molar-refractivity contribution in [2.75, 3.05) is 32.6 Å². The fourth-order valence-corrected chi connectivity index (χ4v) is 5.01. The molecule has 0 saturated carbocycles. The van der Waals surface area contributed by atoms with E-state index in [9.17, 15) is 17.6 Å². The monoisotopic (exact) mass is 407 g/mol. The molecule has 0 bridgehead atoms. The standard InChI is InChI=1S/C20H22FNO5S/c1-26-15-5-4-6-16(13-15)27-14-20(23)22-10-9-19(28(24,25)12-11-22)17-7-2-3-8-18(17)21/h2-8,13,19H,9-12,14H2,1H3. The molecule has 1 unspecified atom stereocenters. The van der Waals surface area contributed by atoms with Crippen molar-refractivity contribution in [3.63, 3.8) is 0 Å². The van der Waals surface area contributed by atoms with Gasteiger partial charge >= 0.3 is 0 Å². The first-order valence-corrected chi connectivity index (χ1v) is 10.6. The van der Waals surface area contributed by atoms with Gasteiger partial charge in [-0.2, -0.15) is 0 Å². The molecular weight excluding hydrogens is 385 g/mol. The first-order chi connectivity index (χ1) is 13.4. The molecular formula is C20H22FNO5S. The Bertz CT molecular complexity index is 947. The van der Waals surface area contributed by atoms with Gasteiger partial charge in [0.25, 0.3) is 5.91 Å². The van der Waals surface area contributed by atoms with E-state index in [2.05, 4.69) is 0 Å². The number of nitrogens with zero attached hydrogens (tertiary/aromatic N) is 1. The van der Waals surface area contributed by atoms with Gasteiger partial charge < -0.3 is 14.4 Å². The number of sulfone groups is 1. The topological polar surface area (TPSA) is 72.9 Å². The maximum absolute atomic E-state index is 14.1. The molecule has 6 nitrogen and oxygen atoms in total. The molecule has 0 aliphatic carbocycles. The van der Waals surface area contributed by atoms with Crippen LogP contribution in [0.4, 0.5) is 4.39 Å². The van der Waals surface area contributed by atoms with Crippen molar-refractivity contribution < 1.29 is 27.1 Å². The molecule has 1 atom stereocenters. The Morgan fingerprint density at radius 1 is 1.14 bits per heavy atom. The third kappa shape index (κ3) is 4.62. The van der Waals surface area contributed by atoms with Crippen LogP contribution in [0.1, 0.15) is 17.2 Å². The summed E-state index contributed by atoms with van der Waals surface area (Å²) in [5, 5.41) is -0.953. The average molecular weight is 407 g/mol. The molecule has 1 aliphatic rings. The molecule has 3 rings (SSSR count). The molecule has 2 aromatic carbocycles. The number of amides is 1. The minimum Gasteiger partial charge on any atom is -0.497 e. The Morgan fingerprint density at radius 2 is 1.89 bits per heavy atom. The number of ether oxygens (including phenoxy) is 2. The van der Waals surface area contributed by atoms with Gasteiger partial charge in [-0.05, 0) is 24.6 Å². The molecule has 1 saturated heterocycles. The molecule has 8 heteroatoms. The summed E-state index contributed by atoms with van der Waals surface area (Å²) in [5.74, 6) is 0.0269. The van der Waals surface area contributed by atoms with Crippen molar-refractivity contribution >= 4 is 15.7 Å². The molecule has 150 valence electrons. The van der Waals surface area contributed by atoms with E-state index in [4.69, 9.17) is 9.47 Å². The average Bonchev–Trinajstić information content (AvgIpc) is 2.85. The number of hydrogen-bond donors (Lipinski definition) is 0. The highest BCUT2D eigenvalue weighted by atomic mass is 32.2. The predicted molar refractivity (Wildman–Crippen MR) is 103 cm³/mol. The van der Waals surface area contributed by atoms with E-state index >= 15 is 0 Å². The lowest BCUT2D eigenvalue weighted by Gasteiger charge is -2.20. The zero-order valence-corrected chi connectivity index (χ0v) is 16.3. The number of benzene rings is 2. The molecule has 0 aromatic heterocycles. The van der Waals surface area contributed by atoms with Crippen LogP contribution < -0.4 is 9.47 Å². The normalized spacial score (nSPS) is 18.9. The van der Waals surface area contributed by atoms with E-state index in [0.717, 1.165) is 0 Å². The van der Waals surface area contributed by atoms with Crippen molar-refractivity contribution in [2.45, 2.75) is 11.7 Å². The third-order valence-corrected chi connectivity index (χ3v) is 6.86. The maximum atomic E-state index is 14.1. The molecule has 1 aliphatic heterocycles. The summed E-state index contributed by atoms with van der Waals surface area (Å²) in [4.78, 5) is 14.0. The molecule has 1 heterocycles. The highest BCUT2D eigenvalue weighted by Gasteiger charge is 2.34. The lowest BCUT2D eigenvalue weighted by Crippen LogP contribution is -2.37. The Balaban J connectivity index is 1.66. The van der Waals surface area contributed by atoms with E-state index in [1.165, 1.54) is 30.2 Å². The first kappa shape index (κ1) is 20.1. The lowest BCUT2D eigenvalue weighted by molar-refractivity contribution is -0.133. The van der Waals surface area contributed by atoms with Crippen LogP contribution >= 0.6 is 0 Å². The highest BCUT2D eigenvalue weighted by molar-refractivity contribution is 7.91. The number of carbonyl (C=O) groups is 1. The van der Waals surface area contributed by atoms with Crippen LogP contribution in [-0.2, 0) is 14.6 Å². The quantitative estimate of drug-likeness (QED) is 0.762. The lowest BCUT2D eigenvalue weighted by atomic mass is 10.1. The van der Waals surface area contributed by atoms with E-state index in [1.807, 2.05) is 0 Å². The van der Waals surface area contributed by atoms with Crippen LogP contribution in [0, 0.1) is 5.82 Å². The van der Waals surface area contributed by atoms with Gasteiger partial charge in [-0.15, -0.1) is 0 Å². The van der Waals surface area contributed by atoms with Gasteiger partial charge in [0.2, 0.25) is 0 Å². The Kier molecular flexibility index (Phi) is 6.18. The van der Waals surface area contributed by atoms with Crippen molar-refractivity contribution in [3.05, 3.63) is 59.9 Å². The number of methoxy groups -OCH3 is 1. The summed E-state index contributed by atoms with van der Waals surface area (Å²) in [5.41, 5.74) is 0.157. The third-order valence-electron chi connectivity index (χ3n) is 4.75. The summed E-state index contributed by atoms with van der Waals surface area (Å²) < 4.78 is 50.0. The van der Waals surface area contributed by atoms with Crippen molar-refractivity contribution in [2.24, 2.45) is 0 Å². The van der Waals surface area contributed by atoms with Crippen LogP contribution in [0.15, 0.2) is 48.5 Å². The second kappa shape index (κ2) is 8.60. The van der Waals surface area contributed by atoms with Crippen LogP contribution in [-0.4, -0.2) is 51.8 Å². The number of carbonyl (C=O) groups excluding carboxylic acids is 1. The summed E-state index contributed by atoms with van der Waals surface area (Å²) >= 11 is 0. The SMILES string of the molecule is COc1cccc(OCC(=O)N2CCC(c3ccccc3F)S(=O)(=O)CC2)c1. The molecule has 1 amide bonds. The zero-order valence-electron chi connectivity index (χ0n) is 15.5. The fraction of sp³-hybridized carbons (Fsp3) is 0.350. The molecule has 0 spiro atoms. The fourth-order valence-electron chi connectivity index (χ4n) is 3.21. The van der Waals surface area contributed by atoms with Crippen molar-refractivity contribution in [1.82, 2.24) is 4.90 Å². The number of rotatable bonds is 5. The molecule has 0 radical (unpaired) electrons. The minimum atomic E-state index is -3.57.